The van der Waals surface area contributed by atoms with Crippen molar-refractivity contribution in [3.05, 3.63) is 53.0 Å². The molecular weight excluding hydrogens is 454 g/mol. The van der Waals surface area contributed by atoms with Gasteiger partial charge in [-0.2, -0.15) is 4.31 Å². The molecule has 9 heteroatoms. The molecule has 1 aromatic heterocycles. The van der Waals surface area contributed by atoms with Gasteiger partial charge in [-0.05, 0) is 69.0 Å². The van der Waals surface area contributed by atoms with E-state index < -0.39 is 10.0 Å². The van der Waals surface area contributed by atoms with Crippen LogP contribution in [-0.2, 0) is 19.6 Å². The minimum Gasteiger partial charge on any atom is -0.465 e. The van der Waals surface area contributed by atoms with Crippen LogP contribution in [0.1, 0.15) is 41.5 Å². The van der Waals surface area contributed by atoms with E-state index in [1.54, 1.807) is 12.1 Å². The van der Waals surface area contributed by atoms with Gasteiger partial charge in [0, 0.05) is 38.6 Å². The number of rotatable bonds is 7. The number of hydrogen-bond acceptors (Lipinski definition) is 6. The Bertz CT molecular complexity index is 1100. The number of hydrogen-bond donors (Lipinski definition) is 1. The third-order valence-corrected chi connectivity index (χ3v) is 8.88. The molecule has 0 saturated carbocycles. The number of benzene rings is 1. The maximum absolute atomic E-state index is 13.1. The molecule has 186 valence electrons. The number of aryl methyl sites for hydroxylation is 3. The number of piperidine rings is 1. The zero-order valence-electron chi connectivity index (χ0n) is 20.2. The molecule has 2 aromatic rings. The second-order valence-corrected chi connectivity index (χ2v) is 11.2. The first kappa shape index (κ1) is 24.9. The lowest BCUT2D eigenvalue weighted by Gasteiger charge is -2.34. The summed E-state index contributed by atoms with van der Waals surface area (Å²) in [7, 11) is -3.55. The fourth-order valence-corrected chi connectivity index (χ4v) is 6.21. The summed E-state index contributed by atoms with van der Waals surface area (Å²) in [5.41, 5.74) is 2.02. The largest absolute Gasteiger partial charge is 0.465 e. The Morgan fingerprint density at radius 1 is 1.03 bits per heavy atom. The fourth-order valence-electron chi connectivity index (χ4n) is 4.65. The number of nitrogens with one attached hydrogen (secondary N) is 1. The lowest BCUT2D eigenvalue weighted by molar-refractivity contribution is -0.126. The van der Waals surface area contributed by atoms with Gasteiger partial charge in [0.25, 0.3) is 0 Å². The first-order chi connectivity index (χ1) is 16.3. The third kappa shape index (κ3) is 5.54. The van der Waals surface area contributed by atoms with Crippen LogP contribution in [0.15, 0.2) is 39.6 Å². The van der Waals surface area contributed by atoms with Crippen LogP contribution in [0.5, 0.6) is 0 Å². The quantitative estimate of drug-likeness (QED) is 0.643. The fraction of sp³-hybridized carbons (Fsp3) is 0.560. The van der Waals surface area contributed by atoms with Crippen LogP contribution < -0.4 is 5.32 Å². The van der Waals surface area contributed by atoms with Crippen LogP contribution in [0.3, 0.4) is 0 Å². The van der Waals surface area contributed by atoms with Crippen molar-refractivity contribution < 1.29 is 22.4 Å². The highest BCUT2D eigenvalue weighted by Crippen LogP contribution is 2.27. The molecule has 2 aliphatic rings. The standard InChI is InChI=1S/C25H35N3O5S/c1-18-4-6-22(16-19(18)2)34(30,31)28-10-8-21(9-11-28)25(29)26-17-23(24-7-5-20(3)33-24)27-12-14-32-15-13-27/h4-7,16,21,23H,8-15,17H2,1-3H3,(H,26,29). The van der Waals surface area contributed by atoms with Crippen LogP contribution in [0, 0.1) is 26.7 Å². The Morgan fingerprint density at radius 3 is 2.35 bits per heavy atom. The molecule has 1 unspecified atom stereocenters. The van der Waals surface area contributed by atoms with Crippen LogP contribution in [-0.4, -0.2) is 69.5 Å². The van der Waals surface area contributed by atoms with Crippen LogP contribution in [0.2, 0.25) is 0 Å². The summed E-state index contributed by atoms with van der Waals surface area (Å²) in [6.07, 6.45) is 1.02. The molecule has 1 atom stereocenters. The topological polar surface area (TPSA) is 92.1 Å². The summed E-state index contributed by atoms with van der Waals surface area (Å²) in [4.78, 5) is 15.6. The average Bonchev–Trinajstić information content (AvgIpc) is 3.27. The van der Waals surface area contributed by atoms with E-state index in [0.717, 1.165) is 35.7 Å². The average molecular weight is 490 g/mol. The van der Waals surface area contributed by atoms with E-state index in [4.69, 9.17) is 9.15 Å². The summed E-state index contributed by atoms with van der Waals surface area (Å²) in [6.45, 7) is 9.84. The molecule has 1 aromatic carbocycles. The monoisotopic (exact) mass is 489 g/mol. The Balaban J connectivity index is 1.35. The van der Waals surface area contributed by atoms with Gasteiger partial charge in [0.1, 0.15) is 11.5 Å². The number of morpholine rings is 1. The molecular formula is C25H35N3O5S. The molecule has 0 spiro atoms. The van der Waals surface area contributed by atoms with Crippen molar-refractivity contribution in [2.45, 2.75) is 44.6 Å². The number of amides is 1. The maximum atomic E-state index is 13.1. The van der Waals surface area contributed by atoms with Gasteiger partial charge in [-0.1, -0.05) is 6.07 Å². The summed E-state index contributed by atoms with van der Waals surface area (Å²) in [6, 6.07) is 9.10. The Morgan fingerprint density at radius 2 is 1.74 bits per heavy atom. The van der Waals surface area contributed by atoms with Crippen LogP contribution in [0.4, 0.5) is 0 Å². The van der Waals surface area contributed by atoms with Gasteiger partial charge in [0.15, 0.2) is 0 Å². The number of carbonyl (C=O) groups is 1. The van der Waals surface area contributed by atoms with Crippen molar-refractivity contribution in [2.24, 2.45) is 5.92 Å². The molecule has 1 N–H and O–H groups in total. The van der Waals surface area contributed by atoms with Crippen molar-refractivity contribution in [2.75, 3.05) is 45.9 Å². The summed E-state index contributed by atoms with van der Waals surface area (Å²) in [5, 5.41) is 3.11. The Kier molecular flexibility index (Phi) is 7.77. The third-order valence-electron chi connectivity index (χ3n) is 6.99. The maximum Gasteiger partial charge on any atom is 0.243 e. The second-order valence-electron chi connectivity index (χ2n) is 9.28. The molecule has 1 amide bonds. The smallest absolute Gasteiger partial charge is 0.243 e. The van der Waals surface area contributed by atoms with Gasteiger partial charge >= 0.3 is 0 Å². The summed E-state index contributed by atoms with van der Waals surface area (Å²) >= 11 is 0. The van der Waals surface area contributed by atoms with Gasteiger partial charge in [-0.15, -0.1) is 0 Å². The van der Waals surface area contributed by atoms with Crippen molar-refractivity contribution in [1.29, 1.82) is 0 Å². The molecule has 2 aliphatic heterocycles. The van der Waals surface area contributed by atoms with Gasteiger partial charge in [-0.3, -0.25) is 9.69 Å². The first-order valence-electron chi connectivity index (χ1n) is 12.0. The zero-order valence-corrected chi connectivity index (χ0v) is 21.1. The number of sulfonamides is 1. The minimum absolute atomic E-state index is 0.0234. The van der Waals surface area contributed by atoms with Crippen molar-refractivity contribution in [3.8, 4) is 0 Å². The molecule has 34 heavy (non-hydrogen) atoms. The van der Waals surface area contributed by atoms with Gasteiger partial charge in [-0.25, -0.2) is 8.42 Å². The van der Waals surface area contributed by atoms with E-state index in [0.29, 0.717) is 50.6 Å². The molecule has 8 nitrogen and oxygen atoms in total. The summed E-state index contributed by atoms with van der Waals surface area (Å²) in [5.74, 6) is 1.46. The highest BCUT2D eigenvalue weighted by Gasteiger charge is 2.33. The van der Waals surface area contributed by atoms with Crippen LogP contribution >= 0.6 is 0 Å². The van der Waals surface area contributed by atoms with E-state index in [1.807, 2.05) is 39.0 Å². The molecule has 3 heterocycles. The van der Waals surface area contributed by atoms with E-state index >= 15 is 0 Å². The van der Waals surface area contributed by atoms with Crippen molar-refractivity contribution in [1.82, 2.24) is 14.5 Å². The first-order valence-corrected chi connectivity index (χ1v) is 13.4. The normalized spacial score (nSPS) is 19.7. The minimum atomic E-state index is -3.55. The molecule has 0 bridgehead atoms. The number of ether oxygens (including phenoxy) is 1. The Hall–Kier alpha value is -2.20. The van der Waals surface area contributed by atoms with Gasteiger partial charge in [0.05, 0.1) is 24.2 Å². The zero-order chi connectivity index (χ0) is 24.3. The van der Waals surface area contributed by atoms with E-state index in [-0.39, 0.29) is 17.9 Å². The lowest BCUT2D eigenvalue weighted by atomic mass is 9.97. The van der Waals surface area contributed by atoms with Crippen molar-refractivity contribution >= 4 is 15.9 Å². The number of carbonyl (C=O) groups excluding carboxylic acids is 1. The number of furan rings is 1. The molecule has 2 saturated heterocycles. The SMILES string of the molecule is Cc1ccc(C(CNC(=O)C2CCN(S(=O)(=O)c3ccc(C)c(C)c3)CC2)N2CCOCC2)o1. The predicted octanol–water partition coefficient (Wildman–Crippen LogP) is 2.80. The van der Waals surface area contributed by atoms with Gasteiger partial charge < -0.3 is 14.5 Å². The van der Waals surface area contributed by atoms with Crippen molar-refractivity contribution in [3.63, 3.8) is 0 Å². The highest BCUT2D eigenvalue weighted by molar-refractivity contribution is 7.89. The molecule has 0 radical (unpaired) electrons. The lowest BCUT2D eigenvalue weighted by Crippen LogP contribution is -2.46. The predicted molar refractivity (Wildman–Crippen MR) is 129 cm³/mol. The van der Waals surface area contributed by atoms with E-state index in [1.165, 1.54) is 4.31 Å². The molecule has 4 rings (SSSR count). The molecule has 2 fully saturated rings. The van der Waals surface area contributed by atoms with E-state index in [9.17, 15) is 13.2 Å². The summed E-state index contributed by atoms with van der Waals surface area (Å²) < 4.78 is 39.0. The Labute approximate surface area is 202 Å². The van der Waals surface area contributed by atoms with Crippen LogP contribution in [0.25, 0.3) is 0 Å². The van der Waals surface area contributed by atoms with Gasteiger partial charge in [0.2, 0.25) is 15.9 Å². The highest BCUT2D eigenvalue weighted by atomic mass is 32.2. The number of nitrogens with zero attached hydrogens (tertiary/aromatic N) is 2. The second kappa shape index (κ2) is 10.6. The van der Waals surface area contributed by atoms with E-state index in [2.05, 4.69) is 10.2 Å². The molecule has 0 aliphatic carbocycles.